The van der Waals surface area contributed by atoms with Crippen LogP contribution < -0.4 is 0 Å². The van der Waals surface area contributed by atoms with Gasteiger partial charge < -0.3 is 4.31 Å². The molecule has 7 heteroatoms. The van der Waals surface area contributed by atoms with Gasteiger partial charge in [-0.2, -0.15) is 0 Å². The van der Waals surface area contributed by atoms with Crippen molar-refractivity contribution in [2.24, 2.45) is 0 Å². The minimum Gasteiger partial charge on any atom is -0.301 e. The summed E-state index contributed by atoms with van der Waals surface area (Å²) in [4.78, 5) is 0. The average molecular weight is 351 g/mol. The quantitative estimate of drug-likeness (QED) is 0.290. The summed E-state index contributed by atoms with van der Waals surface area (Å²) in [6.07, 6.45) is 8.70. The largest absolute Gasteiger partial charge is 0.301 e. The highest BCUT2D eigenvalue weighted by atomic mass is 32.9. The Hall–Kier alpha value is 1.96. The Bertz CT molecular complexity index is 268. The van der Waals surface area contributed by atoms with Gasteiger partial charge in [0, 0.05) is 12.3 Å². The van der Waals surface area contributed by atoms with Crippen molar-refractivity contribution in [2.75, 3.05) is 12.3 Å². The Morgan fingerprint density at radius 2 is 1.18 bits per heavy atom. The highest BCUT2D eigenvalue weighted by Gasteiger charge is 2.21. The Labute approximate surface area is 127 Å². The van der Waals surface area contributed by atoms with E-state index in [1.807, 2.05) is 0 Å². The molecular weight excluding hydrogens is 326 g/mol. The smallest absolute Gasteiger partial charge is 0.122 e. The molecule has 2 unspecified atom stereocenters. The maximum Gasteiger partial charge on any atom is 0.122 e. The summed E-state index contributed by atoms with van der Waals surface area (Å²) in [5.74, 6) is 0. The van der Waals surface area contributed by atoms with Crippen molar-refractivity contribution in [2.45, 2.75) is 52.4 Å². The van der Waals surface area contributed by atoms with E-state index < -0.39 is 10.9 Å². The Morgan fingerprint density at radius 1 is 0.824 bits per heavy atom. The predicted molar refractivity (Wildman–Crippen MR) is 96.4 cm³/mol. The van der Waals surface area contributed by atoms with Crippen molar-refractivity contribution < 1.29 is 4.31 Å². The predicted octanol–water partition coefficient (Wildman–Crippen LogP) is 5.86. The Morgan fingerprint density at radius 3 is 1.47 bits per heavy atom. The Balaban J connectivity index is 4.09. The zero-order valence-electron chi connectivity index (χ0n) is 10.7. The van der Waals surface area contributed by atoms with Crippen LogP contribution in [0.4, 0.5) is 0 Å². The lowest BCUT2D eigenvalue weighted by Gasteiger charge is -2.23. The average Bonchev–Trinajstić information content (AvgIpc) is 2.16. The molecule has 0 saturated heterocycles. The maximum atomic E-state index is 5.90. The van der Waals surface area contributed by atoms with E-state index >= 15 is 0 Å². The molecule has 0 heterocycles. The first-order valence-corrected chi connectivity index (χ1v) is 14.3. The summed E-state index contributed by atoms with van der Waals surface area (Å²) < 4.78 is 5.90. The Kier molecular flexibility index (Phi) is 10.9. The molecule has 0 aromatic carbocycles. The third-order valence-electron chi connectivity index (χ3n) is 2.34. The van der Waals surface area contributed by atoms with Gasteiger partial charge in [0.15, 0.2) is 0 Å². The third-order valence-corrected chi connectivity index (χ3v) is 11.0. The van der Waals surface area contributed by atoms with Crippen LogP contribution >= 0.6 is 35.4 Å². The van der Waals surface area contributed by atoms with Crippen LogP contribution in [-0.4, -0.2) is 12.3 Å². The van der Waals surface area contributed by atoms with Crippen LogP contribution in [0.2, 0.25) is 0 Å². The summed E-state index contributed by atoms with van der Waals surface area (Å²) in [5, 5.41) is 0. The van der Waals surface area contributed by atoms with Gasteiger partial charge in [-0.05, 0) is 12.8 Å². The van der Waals surface area contributed by atoms with Crippen molar-refractivity contribution in [3.05, 3.63) is 0 Å². The zero-order valence-corrected chi connectivity index (χ0v) is 15.9. The summed E-state index contributed by atoms with van der Waals surface area (Å²) in [6.45, 7) is 4.35. The second-order valence-corrected chi connectivity index (χ2v) is 17.4. The van der Waals surface area contributed by atoms with Crippen molar-refractivity contribution in [1.82, 2.24) is 0 Å². The van der Waals surface area contributed by atoms with Crippen LogP contribution in [0.15, 0.2) is 0 Å². The first-order chi connectivity index (χ1) is 7.83. The normalized spacial score (nSPS) is 18.6. The lowest BCUT2D eigenvalue weighted by molar-refractivity contribution is 0.680. The zero-order chi connectivity index (χ0) is 13.4. The maximum absolute atomic E-state index is 5.90. The summed E-state index contributed by atoms with van der Waals surface area (Å²) in [5.41, 5.74) is -3.99. The first-order valence-electron chi connectivity index (χ1n) is 6.18. The van der Waals surface area contributed by atoms with E-state index in [2.05, 4.69) is 38.3 Å². The minimum atomic E-state index is -2.00. The number of rotatable bonds is 10. The third kappa shape index (κ3) is 11.5. The number of hydrogen-bond acceptors (Lipinski definition) is 3. The molecule has 0 aromatic heterocycles. The van der Waals surface area contributed by atoms with Gasteiger partial charge in [0.05, 0.1) is 0 Å². The van der Waals surface area contributed by atoms with Gasteiger partial charge in [-0.1, -0.05) is 63.1 Å². The molecule has 104 valence electrons. The molecule has 0 fully saturated rings. The molecule has 0 aliphatic heterocycles. The highest BCUT2D eigenvalue weighted by Crippen LogP contribution is 2.69. The van der Waals surface area contributed by atoms with Gasteiger partial charge >= 0.3 is 0 Å². The van der Waals surface area contributed by atoms with Crippen molar-refractivity contribution in [1.29, 1.82) is 0 Å². The molecule has 0 bridgehead atoms. The molecular formula is C10H24OP2S4. The summed E-state index contributed by atoms with van der Waals surface area (Å²) in [6, 6.07) is 0. The molecule has 0 saturated carbocycles. The first kappa shape index (κ1) is 19.0. The van der Waals surface area contributed by atoms with Crippen molar-refractivity contribution in [3.63, 3.8) is 0 Å². The van der Waals surface area contributed by atoms with Crippen LogP contribution in [0.3, 0.4) is 0 Å². The fourth-order valence-corrected chi connectivity index (χ4v) is 12.6. The van der Waals surface area contributed by atoms with Crippen LogP contribution in [0.25, 0.3) is 0 Å². The highest BCUT2D eigenvalue weighted by molar-refractivity contribution is 8.67. The molecule has 0 spiro atoms. The van der Waals surface area contributed by atoms with E-state index in [-0.39, 0.29) is 0 Å². The minimum absolute atomic E-state index is 0.881. The molecule has 0 rings (SSSR count). The van der Waals surface area contributed by atoms with Crippen molar-refractivity contribution in [3.8, 4) is 0 Å². The van der Waals surface area contributed by atoms with E-state index in [1.54, 1.807) is 0 Å². The monoisotopic (exact) mass is 350 g/mol. The van der Waals surface area contributed by atoms with Crippen LogP contribution in [0.1, 0.15) is 52.4 Å². The molecule has 0 aromatic rings. The topological polar surface area (TPSA) is 9.23 Å². The van der Waals surface area contributed by atoms with Gasteiger partial charge in [0.2, 0.25) is 0 Å². The fraction of sp³-hybridized carbons (Fsp3) is 1.00. The van der Waals surface area contributed by atoms with Gasteiger partial charge in [-0.15, -0.1) is 24.5 Å². The lowest BCUT2D eigenvalue weighted by Crippen LogP contribution is -1.91. The van der Waals surface area contributed by atoms with E-state index in [9.17, 15) is 0 Å². The molecule has 1 nitrogen and oxygen atoms in total. The lowest BCUT2D eigenvalue weighted by atomic mass is 10.3. The van der Waals surface area contributed by atoms with Gasteiger partial charge in [0.25, 0.3) is 0 Å². The molecule has 0 radical (unpaired) electrons. The van der Waals surface area contributed by atoms with E-state index in [4.69, 9.17) is 27.9 Å². The summed E-state index contributed by atoms with van der Waals surface area (Å²) in [7, 11) is 0. The SMILES string of the molecule is CCCCCP(=S)(S)OP(=S)(S)CCCCC. The van der Waals surface area contributed by atoms with E-state index in [0.717, 1.165) is 25.2 Å². The molecule has 0 amide bonds. The van der Waals surface area contributed by atoms with Crippen LogP contribution in [0.5, 0.6) is 0 Å². The second kappa shape index (κ2) is 9.80. The number of hydrogen-bond donors (Lipinski definition) is 2. The van der Waals surface area contributed by atoms with E-state index in [0.29, 0.717) is 0 Å². The standard InChI is InChI=1S/C10H24OP2S4/c1-3-5-7-9-12(14,15)11-13(16,17)10-8-6-4-2/h3-10H2,1-2H3,(H,14,15)(H,16,17). The van der Waals surface area contributed by atoms with Gasteiger partial charge in [-0.25, -0.2) is 0 Å². The van der Waals surface area contributed by atoms with Crippen molar-refractivity contribution >= 4 is 59.0 Å². The van der Waals surface area contributed by atoms with Crippen LogP contribution in [0, 0.1) is 0 Å². The fourth-order valence-electron chi connectivity index (χ4n) is 1.40. The molecule has 0 N–H and O–H groups in total. The van der Waals surface area contributed by atoms with E-state index in [1.165, 1.54) is 25.7 Å². The molecule has 17 heavy (non-hydrogen) atoms. The molecule has 0 aliphatic carbocycles. The van der Waals surface area contributed by atoms with Gasteiger partial charge in [-0.3, -0.25) is 0 Å². The second-order valence-electron chi connectivity index (χ2n) is 4.22. The van der Waals surface area contributed by atoms with Gasteiger partial charge in [0.1, 0.15) is 10.9 Å². The molecule has 0 aliphatic rings. The number of thiol groups is 2. The summed E-state index contributed by atoms with van der Waals surface area (Å²) >= 11 is 19.9. The van der Waals surface area contributed by atoms with Crippen LogP contribution in [-0.2, 0) is 27.9 Å². The number of unbranched alkanes of at least 4 members (excludes halogenated alkanes) is 4. The molecule has 2 atom stereocenters.